The number of benzene rings is 2. The van der Waals surface area contributed by atoms with Crippen molar-refractivity contribution < 1.29 is 22.7 Å². The molecule has 4 aromatic rings. The number of anilines is 4. The number of amides is 1. The third-order valence-electron chi connectivity index (χ3n) is 7.94. The lowest BCUT2D eigenvalue weighted by Crippen LogP contribution is -2.41. The zero-order chi connectivity index (χ0) is 34.1. The van der Waals surface area contributed by atoms with E-state index in [0.717, 1.165) is 18.4 Å². The van der Waals surface area contributed by atoms with E-state index in [1.54, 1.807) is 49.2 Å². The van der Waals surface area contributed by atoms with Crippen LogP contribution >= 0.6 is 0 Å². The highest BCUT2D eigenvalue weighted by Gasteiger charge is 2.29. The predicted octanol–water partition coefficient (Wildman–Crippen LogP) is 7.23. The summed E-state index contributed by atoms with van der Waals surface area (Å²) in [5.41, 5.74) is 3.30. The number of piperidine rings is 1. The number of likely N-dealkylation sites (tertiary alicyclic amines) is 1. The van der Waals surface area contributed by atoms with Crippen LogP contribution in [0.5, 0.6) is 5.75 Å². The van der Waals surface area contributed by atoms with Crippen LogP contribution in [0.2, 0.25) is 0 Å². The summed E-state index contributed by atoms with van der Waals surface area (Å²) in [5.74, 6) is 1.59. The van der Waals surface area contributed by atoms with Crippen molar-refractivity contribution in [3.63, 3.8) is 0 Å². The van der Waals surface area contributed by atoms with Gasteiger partial charge in [-0.3, -0.25) is 5.10 Å². The number of ether oxygens (including phenoxy) is 2. The number of carbonyl (C=O) groups is 1. The summed E-state index contributed by atoms with van der Waals surface area (Å²) in [6.07, 6.45) is 2.87. The summed E-state index contributed by atoms with van der Waals surface area (Å²) in [5, 5.41) is 13.6. The van der Waals surface area contributed by atoms with E-state index >= 15 is 0 Å². The molecule has 5 rings (SSSR count). The number of fused-ring (bicyclic) bond motifs is 1. The molecule has 0 radical (unpaired) electrons. The lowest BCUT2D eigenvalue weighted by atomic mass is 9.86. The molecule has 0 spiro atoms. The molecular formula is C34H45N7O5S. The molecule has 2 aromatic heterocycles. The fourth-order valence-corrected chi connectivity index (χ4v) is 6.80. The van der Waals surface area contributed by atoms with Gasteiger partial charge in [-0.25, -0.2) is 13.2 Å². The molecule has 13 heteroatoms. The average molecular weight is 664 g/mol. The van der Waals surface area contributed by atoms with E-state index in [9.17, 15) is 13.2 Å². The second kappa shape index (κ2) is 13.4. The minimum atomic E-state index is -3.56. The highest BCUT2D eigenvalue weighted by molar-refractivity contribution is 7.92. The first-order chi connectivity index (χ1) is 22.1. The summed E-state index contributed by atoms with van der Waals surface area (Å²) in [6.45, 7) is 16.2. The van der Waals surface area contributed by atoms with Gasteiger partial charge in [-0.2, -0.15) is 15.1 Å². The number of H-pyrrole nitrogens is 1. The van der Waals surface area contributed by atoms with Gasteiger partial charge < -0.3 is 25.0 Å². The van der Waals surface area contributed by atoms with Crippen LogP contribution in [0.1, 0.15) is 78.4 Å². The van der Waals surface area contributed by atoms with E-state index in [4.69, 9.17) is 14.5 Å². The second-order valence-electron chi connectivity index (χ2n) is 13.5. The Hall–Kier alpha value is -4.39. The number of nitrogens with one attached hydrogen (secondary N) is 3. The standard InChI is InChI=1S/C34H45N7O5S/c1-20(2)45-28-18-24(23-13-15-41(16-14-23)33(42)46-34(6,7)8)22(5)17-27(28)37-32-38-30(25-19-35-40-31(25)39-32)36-26-11-9-10-12-29(26)47(43,44)21(3)4/h9-12,17-21,23H,13-16H2,1-8H3,(H3,35,36,37,38,39,40). The van der Waals surface area contributed by atoms with Crippen molar-refractivity contribution in [1.29, 1.82) is 0 Å². The van der Waals surface area contributed by atoms with E-state index in [1.165, 1.54) is 5.56 Å². The number of aromatic amines is 1. The minimum Gasteiger partial charge on any atom is -0.489 e. The third-order valence-corrected chi connectivity index (χ3v) is 10.2. The molecule has 252 valence electrons. The van der Waals surface area contributed by atoms with Crippen LogP contribution in [-0.2, 0) is 14.6 Å². The van der Waals surface area contributed by atoms with Gasteiger partial charge in [0, 0.05) is 13.1 Å². The molecule has 1 amide bonds. The van der Waals surface area contributed by atoms with E-state index < -0.39 is 20.7 Å². The Morgan fingerprint density at radius 3 is 2.38 bits per heavy atom. The maximum Gasteiger partial charge on any atom is 0.410 e. The van der Waals surface area contributed by atoms with Crippen molar-refractivity contribution in [1.82, 2.24) is 25.1 Å². The summed E-state index contributed by atoms with van der Waals surface area (Å²) < 4.78 is 38.1. The fourth-order valence-electron chi connectivity index (χ4n) is 5.60. The monoisotopic (exact) mass is 663 g/mol. The number of aryl methyl sites for hydroxylation is 1. The Balaban J connectivity index is 1.43. The van der Waals surface area contributed by atoms with E-state index in [1.807, 2.05) is 40.7 Å². The summed E-state index contributed by atoms with van der Waals surface area (Å²) in [7, 11) is -3.56. The van der Waals surface area contributed by atoms with E-state index in [2.05, 4.69) is 38.8 Å². The van der Waals surface area contributed by atoms with Crippen LogP contribution in [0.25, 0.3) is 11.0 Å². The van der Waals surface area contributed by atoms with E-state index in [-0.39, 0.29) is 29.0 Å². The van der Waals surface area contributed by atoms with Crippen molar-refractivity contribution in [3.05, 3.63) is 53.7 Å². The first-order valence-electron chi connectivity index (χ1n) is 16.0. The number of hydrogen-bond acceptors (Lipinski definition) is 10. The summed E-state index contributed by atoms with van der Waals surface area (Å²) in [4.78, 5) is 24.0. The molecule has 3 heterocycles. The maximum atomic E-state index is 13.1. The molecule has 0 unspecified atom stereocenters. The Bertz CT molecular complexity index is 1860. The zero-order valence-electron chi connectivity index (χ0n) is 28.3. The molecule has 12 nitrogen and oxygen atoms in total. The number of carbonyl (C=O) groups excluding carboxylic acids is 1. The summed E-state index contributed by atoms with van der Waals surface area (Å²) >= 11 is 0. The normalized spacial score (nSPS) is 14.6. The van der Waals surface area contributed by atoms with Gasteiger partial charge in [0.2, 0.25) is 5.95 Å². The van der Waals surface area contributed by atoms with Crippen molar-refractivity contribution in [2.45, 2.75) is 96.0 Å². The van der Waals surface area contributed by atoms with Crippen LogP contribution in [0.4, 0.5) is 27.9 Å². The lowest BCUT2D eigenvalue weighted by Gasteiger charge is -2.34. The van der Waals surface area contributed by atoms with Gasteiger partial charge in [0.15, 0.2) is 15.5 Å². The molecule has 0 aliphatic carbocycles. The molecule has 0 saturated carbocycles. The van der Waals surface area contributed by atoms with Crippen LogP contribution < -0.4 is 15.4 Å². The highest BCUT2D eigenvalue weighted by Crippen LogP contribution is 2.39. The molecule has 1 saturated heterocycles. The first kappa shape index (κ1) is 34.0. The van der Waals surface area contributed by atoms with E-state index in [0.29, 0.717) is 47.1 Å². The molecule has 3 N–H and O–H groups in total. The first-order valence-corrected chi connectivity index (χ1v) is 17.5. The van der Waals surface area contributed by atoms with Crippen LogP contribution in [0, 0.1) is 6.92 Å². The molecule has 0 bridgehead atoms. The van der Waals surface area contributed by atoms with Crippen LogP contribution in [0.15, 0.2) is 47.5 Å². The molecule has 47 heavy (non-hydrogen) atoms. The molecular weight excluding hydrogens is 618 g/mol. The second-order valence-corrected chi connectivity index (χ2v) is 16.0. The van der Waals surface area contributed by atoms with Gasteiger partial charge in [-0.15, -0.1) is 0 Å². The topological polar surface area (TPSA) is 151 Å². The van der Waals surface area contributed by atoms with Gasteiger partial charge in [0.25, 0.3) is 0 Å². The SMILES string of the molecule is Cc1cc(Nc2nc(Nc3ccccc3S(=O)(=O)C(C)C)c3cn[nH]c3n2)c(OC(C)C)cc1C1CCN(C(=O)OC(C)(C)C)CC1. The number of nitrogens with zero attached hydrogens (tertiary/aromatic N) is 4. The number of sulfone groups is 1. The quantitative estimate of drug-likeness (QED) is 0.167. The zero-order valence-corrected chi connectivity index (χ0v) is 29.2. The fraction of sp³-hybridized carbons (Fsp3) is 0.471. The molecule has 1 aliphatic rings. The van der Waals surface area contributed by atoms with Gasteiger partial charge >= 0.3 is 6.09 Å². The Morgan fingerprint density at radius 1 is 1.02 bits per heavy atom. The highest BCUT2D eigenvalue weighted by atomic mass is 32.2. The predicted molar refractivity (Wildman–Crippen MR) is 184 cm³/mol. The van der Waals surface area contributed by atoms with Crippen LogP contribution in [0.3, 0.4) is 0 Å². The largest absolute Gasteiger partial charge is 0.489 e. The van der Waals surface area contributed by atoms with Crippen molar-refractivity contribution >= 4 is 50.1 Å². The van der Waals surface area contributed by atoms with Crippen molar-refractivity contribution in [2.24, 2.45) is 0 Å². The van der Waals surface area contributed by atoms with Gasteiger partial charge in [0.05, 0.1) is 39.2 Å². The number of hydrogen-bond donors (Lipinski definition) is 3. The Morgan fingerprint density at radius 2 is 1.72 bits per heavy atom. The number of aromatic nitrogens is 4. The van der Waals surface area contributed by atoms with Gasteiger partial charge in [0.1, 0.15) is 17.2 Å². The van der Waals surface area contributed by atoms with Gasteiger partial charge in [-0.1, -0.05) is 12.1 Å². The molecule has 1 aliphatic heterocycles. The maximum absolute atomic E-state index is 13.1. The molecule has 0 atom stereocenters. The smallest absolute Gasteiger partial charge is 0.410 e. The lowest BCUT2D eigenvalue weighted by molar-refractivity contribution is 0.0204. The average Bonchev–Trinajstić information content (AvgIpc) is 3.47. The van der Waals surface area contributed by atoms with Crippen molar-refractivity contribution in [3.8, 4) is 5.75 Å². The number of rotatable bonds is 9. The third kappa shape index (κ3) is 7.78. The Labute approximate surface area is 276 Å². The Kier molecular flexibility index (Phi) is 9.67. The number of para-hydroxylation sites is 1. The van der Waals surface area contributed by atoms with Crippen LogP contribution in [-0.4, -0.2) is 69.6 Å². The minimum absolute atomic E-state index is 0.0900. The molecule has 1 fully saturated rings. The summed E-state index contributed by atoms with van der Waals surface area (Å²) in [6, 6.07) is 10.9. The van der Waals surface area contributed by atoms with Gasteiger partial charge in [-0.05, 0) is 110 Å². The van der Waals surface area contributed by atoms with Crippen molar-refractivity contribution in [2.75, 3.05) is 23.7 Å². The molecule has 2 aromatic carbocycles.